The zero-order valence-corrected chi connectivity index (χ0v) is 12.7. The smallest absolute Gasteiger partial charge is 0.241 e. The number of carbonyl (C=O) groups is 1. The van der Waals surface area contributed by atoms with Crippen LogP contribution in [-0.4, -0.2) is 32.1 Å². The Morgan fingerprint density at radius 1 is 1.33 bits per heavy atom. The van der Waals surface area contributed by atoms with E-state index in [1.807, 2.05) is 17.0 Å². The summed E-state index contributed by atoms with van der Waals surface area (Å²) in [5.41, 5.74) is 2.19. The second-order valence-electron chi connectivity index (χ2n) is 5.98. The van der Waals surface area contributed by atoms with E-state index < -0.39 is 0 Å². The van der Waals surface area contributed by atoms with Crippen molar-refractivity contribution < 1.29 is 9.53 Å². The second-order valence-corrected chi connectivity index (χ2v) is 5.98. The molecule has 0 radical (unpaired) electrons. The molecule has 0 unspecified atom stereocenters. The number of hydrogen-bond acceptors (Lipinski definition) is 3. The molecular weight excluding hydrogens is 264 g/mol. The molecule has 1 fully saturated rings. The van der Waals surface area contributed by atoms with Crippen molar-refractivity contribution in [3.05, 3.63) is 23.8 Å². The molecule has 0 atom stereocenters. The Morgan fingerprint density at radius 3 is 2.90 bits per heavy atom. The van der Waals surface area contributed by atoms with E-state index in [1.165, 1.54) is 31.2 Å². The van der Waals surface area contributed by atoms with E-state index in [-0.39, 0.29) is 5.91 Å². The molecule has 0 spiro atoms. The Morgan fingerprint density at radius 2 is 2.14 bits per heavy atom. The van der Waals surface area contributed by atoms with E-state index >= 15 is 0 Å². The predicted octanol–water partition coefficient (Wildman–Crippen LogP) is 2.51. The molecule has 0 bridgehead atoms. The lowest BCUT2D eigenvalue weighted by Gasteiger charge is -2.31. The van der Waals surface area contributed by atoms with Gasteiger partial charge in [0, 0.05) is 12.6 Å². The predicted molar refractivity (Wildman–Crippen MR) is 83.9 cm³/mol. The lowest BCUT2D eigenvalue weighted by molar-refractivity contribution is -0.118. The van der Waals surface area contributed by atoms with Gasteiger partial charge < -0.3 is 15.0 Å². The number of benzene rings is 1. The van der Waals surface area contributed by atoms with Crippen molar-refractivity contribution in [2.24, 2.45) is 0 Å². The van der Waals surface area contributed by atoms with Crippen LogP contribution in [0, 0.1) is 0 Å². The molecule has 1 aromatic rings. The first-order valence-corrected chi connectivity index (χ1v) is 7.99. The minimum Gasteiger partial charge on any atom is -0.495 e. The van der Waals surface area contributed by atoms with E-state index in [9.17, 15) is 4.79 Å². The van der Waals surface area contributed by atoms with Gasteiger partial charge in [-0.2, -0.15) is 0 Å². The molecule has 2 aliphatic rings. The molecule has 1 saturated carbocycles. The quantitative estimate of drug-likeness (QED) is 0.925. The van der Waals surface area contributed by atoms with Crippen molar-refractivity contribution in [3.8, 4) is 5.75 Å². The topological polar surface area (TPSA) is 41.6 Å². The van der Waals surface area contributed by atoms with Gasteiger partial charge in [0.25, 0.3) is 0 Å². The molecule has 0 saturated heterocycles. The third-order valence-corrected chi connectivity index (χ3v) is 4.60. The number of carbonyl (C=O) groups excluding carboxylic acids is 1. The summed E-state index contributed by atoms with van der Waals surface area (Å²) in [6.45, 7) is 1.22. The number of nitrogens with one attached hydrogen (secondary N) is 1. The highest BCUT2D eigenvalue weighted by Gasteiger charge is 2.26. The zero-order chi connectivity index (χ0) is 14.7. The van der Waals surface area contributed by atoms with Crippen LogP contribution in [0.3, 0.4) is 0 Å². The SMILES string of the molecule is COc1cccc2c1N(C(=O)CNC1CCCC1)CCC2. The van der Waals surface area contributed by atoms with Crippen molar-refractivity contribution in [2.45, 2.75) is 44.6 Å². The highest BCUT2D eigenvalue weighted by Crippen LogP contribution is 2.36. The van der Waals surface area contributed by atoms with Crippen LogP contribution in [-0.2, 0) is 11.2 Å². The van der Waals surface area contributed by atoms with E-state index in [0.717, 1.165) is 30.8 Å². The molecule has 0 aromatic heterocycles. The highest BCUT2D eigenvalue weighted by atomic mass is 16.5. The lowest BCUT2D eigenvalue weighted by Crippen LogP contribution is -2.43. The summed E-state index contributed by atoms with van der Waals surface area (Å²) in [6, 6.07) is 6.56. The zero-order valence-electron chi connectivity index (χ0n) is 12.7. The number of methoxy groups -OCH3 is 1. The molecule has 1 aliphatic heterocycles. The van der Waals surface area contributed by atoms with Crippen LogP contribution in [0.5, 0.6) is 5.75 Å². The largest absolute Gasteiger partial charge is 0.495 e. The summed E-state index contributed by atoms with van der Waals surface area (Å²) in [5, 5.41) is 3.41. The molecule has 1 amide bonds. The Kier molecular flexibility index (Phi) is 4.44. The fourth-order valence-corrected chi connectivity index (χ4v) is 3.49. The molecule has 114 valence electrons. The van der Waals surface area contributed by atoms with Crippen LogP contribution >= 0.6 is 0 Å². The maximum atomic E-state index is 12.6. The number of fused-ring (bicyclic) bond motifs is 1. The maximum absolute atomic E-state index is 12.6. The van der Waals surface area contributed by atoms with Gasteiger partial charge in [0.05, 0.1) is 19.3 Å². The normalized spacial score (nSPS) is 18.6. The summed E-state index contributed by atoms with van der Waals surface area (Å²) >= 11 is 0. The average molecular weight is 288 g/mol. The summed E-state index contributed by atoms with van der Waals surface area (Å²) in [5.74, 6) is 0.966. The van der Waals surface area contributed by atoms with Crippen LogP contribution in [0.1, 0.15) is 37.7 Å². The molecule has 1 heterocycles. The Labute approximate surface area is 126 Å². The lowest BCUT2D eigenvalue weighted by atomic mass is 10.0. The minimum atomic E-state index is 0.160. The number of hydrogen-bond donors (Lipinski definition) is 1. The van der Waals surface area contributed by atoms with Gasteiger partial charge in [0.2, 0.25) is 5.91 Å². The molecule has 21 heavy (non-hydrogen) atoms. The highest BCUT2D eigenvalue weighted by molar-refractivity contribution is 5.97. The van der Waals surface area contributed by atoms with Gasteiger partial charge >= 0.3 is 0 Å². The molecule has 3 rings (SSSR count). The number of amides is 1. The molecule has 4 heteroatoms. The molecule has 1 aliphatic carbocycles. The van der Waals surface area contributed by atoms with E-state index in [4.69, 9.17) is 4.74 Å². The number of nitrogens with zero attached hydrogens (tertiary/aromatic N) is 1. The fourth-order valence-electron chi connectivity index (χ4n) is 3.49. The van der Waals surface area contributed by atoms with Gasteiger partial charge in [-0.1, -0.05) is 25.0 Å². The third-order valence-electron chi connectivity index (χ3n) is 4.60. The molecule has 4 nitrogen and oxygen atoms in total. The summed E-state index contributed by atoms with van der Waals surface area (Å²) in [4.78, 5) is 14.5. The van der Waals surface area contributed by atoms with Gasteiger partial charge in [-0.3, -0.25) is 4.79 Å². The first kappa shape index (κ1) is 14.4. The van der Waals surface area contributed by atoms with Gasteiger partial charge in [0.1, 0.15) is 5.75 Å². The number of para-hydroxylation sites is 1. The summed E-state index contributed by atoms with van der Waals surface area (Å²) in [7, 11) is 1.67. The third kappa shape index (κ3) is 3.05. The maximum Gasteiger partial charge on any atom is 0.241 e. The Hall–Kier alpha value is -1.55. The standard InChI is InChI=1S/C17H24N2O2/c1-21-15-10-4-6-13-7-5-11-19(17(13)15)16(20)12-18-14-8-2-3-9-14/h4,6,10,14,18H,2-3,5,7-9,11-12H2,1H3. The van der Waals surface area contributed by atoms with Gasteiger partial charge in [0.15, 0.2) is 0 Å². The molecular formula is C17H24N2O2. The van der Waals surface area contributed by atoms with Crippen LogP contribution in [0.25, 0.3) is 0 Å². The first-order chi connectivity index (χ1) is 10.3. The summed E-state index contributed by atoms with van der Waals surface area (Å²) in [6.07, 6.45) is 7.01. The van der Waals surface area contributed by atoms with Crippen molar-refractivity contribution in [1.29, 1.82) is 0 Å². The number of ether oxygens (including phenoxy) is 1. The van der Waals surface area contributed by atoms with Gasteiger partial charge in [-0.15, -0.1) is 0 Å². The molecule has 1 N–H and O–H groups in total. The number of aryl methyl sites for hydroxylation is 1. The van der Waals surface area contributed by atoms with E-state index in [2.05, 4.69) is 11.4 Å². The van der Waals surface area contributed by atoms with Gasteiger partial charge in [-0.25, -0.2) is 0 Å². The van der Waals surface area contributed by atoms with E-state index in [1.54, 1.807) is 7.11 Å². The first-order valence-electron chi connectivity index (χ1n) is 7.99. The van der Waals surface area contributed by atoms with Crippen molar-refractivity contribution in [3.63, 3.8) is 0 Å². The monoisotopic (exact) mass is 288 g/mol. The number of anilines is 1. The van der Waals surface area contributed by atoms with Crippen molar-refractivity contribution in [2.75, 3.05) is 25.1 Å². The van der Waals surface area contributed by atoms with E-state index in [0.29, 0.717) is 12.6 Å². The summed E-state index contributed by atoms with van der Waals surface area (Å²) < 4.78 is 5.46. The van der Waals surface area contributed by atoms with Crippen molar-refractivity contribution in [1.82, 2.24) is 5.32 Å². The fraction of sp³-hybridized carbons (Fsp3) is 0.588. The van der Waals surface area contributed by atoms with Crippen LogP contribution in [0.2, 0.25) is 0 Å². The Bertz CT molecular complexity index is 495. The average Bonchev–Trinajstić information content (AvgIpc) is 3.04. The Balaban J connectivity index is 1.72. The minimum absolute atomic E-state index is 0.160. The van der Waals surface area contributed by atoms with Crippen molar-refractivity contribution >= 4 is 11.6 Å². The molecule has 1 aromatic carbocycles. The van der Waals surface area contributed by atoms with Crippen LogP contribution < -0.4 is 15.0 Å². The van der Waals surface area contributed by atoms with Crippen LogP contribution in [0.4, 0.5) is 5.69 Å². The second kappa shape index (κ2) is 6.48. The number of rotatable bonds is 4. The van der Waals surface area contributed by atoms with Crippen LogP contribution in [0.15, 0.2) is 18.2 Å². The van der Waals surface area contributed by atoms with Gasteiger partial charge in [-0.05, 0) is 37.3 Å².